The first-order valence-corrected chi connectivity index (χ1v) is 12.1. The number of aromatic nitrogens is 4. The minimum atomic E-state index is -0.106. The van der Waals surface area contributed by atoms with Crippen LogP contribution in [-0.4, -0.2) is 19.1 Å². The summed E-state index contributed by atoms with van der Waals surface area (Å²) in [6.45, 7) is 1.81. The molecule has 0 aliphatic heterocycles. The molecule has 0 atom stereocenters. The molecule has 4 rings (SSSR count). The molecule has 0 saturated carbocycles. The normalized spacial score (nSPS) is 9.70. The van der Waals surface area contributed by atoms with Crippen LogP contribution in [0.1, 0.15) is 11.1 Å². The number of hydrogen-bond acceptors (Lipinski definition) is 2. The average Bonchev–Trinajstić information content (AvgIpc) is 3.39. The smallest absolute Gasteiger partial charge is 0.0949 e. The van der Waals surface area contributed by atoms with E-state index < -0.39 is 0 Å². The second-order valence-corrected chi connectivity index (χ2v) is 7.85. The van der Waals surface area contributed by atoms with E-state index in [2.05, 4.69) is 43.4 Å². The first kappa shape index (κ1) is 21.4. The number of rotatable bonds is 4. The van der Waals surface area contributed by atoms with Crippen molar-refractivity contribution in [3.8, 4) is 0 Å². The standard InChI is InChI=1S/2C10H10N2.2ClH.Pd/c2*1-2-4-10(5-3-1)8-12-7-6-11-9-12;;;/h2*1-7,9H,8H2;2*1H;/q;;;;+2/p-2. The van der Waals surface area contributed by atoms with Gasteiger partial charge in [0.15, 0.2) is 0 Å². The number of hydrogen-bond donors (Lipinski definition) is 0. The fourth-order valence-electron chi connectivity index (χ4n) is 2.35. The topological polar surface area (TPSA) is 35.6 Å². The Hall–Kier alpha value is -1.90. The van der Waals surface area contributed by atoms with Gasteiger partial charge in [0.2, 0.25) is 0 Å². The van der Waals surface area contributed by atoms with Crippen LogP contribution in [0.25, 0.3) is 0 Å². The van der Waals surface area contributed by atoms with Crippen LogP contribution < -0.4 is 0 Å². The van der Waals surface area contributed by atoms with E-state index in [1.807, 2.05) is 61.4 Å². The molecule has 2 heterocycles. The SMILES string of the molecule is [Cl][Pd][Cl].c1ccc(Cn2ccnc2)cc1.c1ccc(Cn2ccnc2)cc1. The Morgan fingerprint density at radius 2 is 1.04 bits per heavy atom. The van der Waals surface area contributed by atoms with E-state index in [1.165, 1.54) is 11.1 Å². The van der Waals surface area contributed by atoms with Gasteiger partial charge in [-0.05, 0) is 11.1 Å². The second-order valence-electron chi connectivity index (χ2n) is 5.49. The summed E-state index contributed by atoms with van der Waals surface area (Å²) >= 11 is -0.106. The minimum absolute atomic E-state index is 0.106. The Balaban J connectivity index is 0.000000170. The third kappa shape index (κ3) is 9.03. The first-order valence-electron chi connectivity index (χ1n) is 8.13. The van der Waals surface area contributed by atoms with E-state index in [0.29, 0.717) is 0 Å². The Morgan fingerprint density at radius 3 is 1.33 bits per heavy atom. The second kappa shape index (κ2) is 13.3. The summed E-state index contributed by atoms with van der Waals surface area (Å²) < 4.78 is 4.10. The largest absolute Gasteiger partial charge is 0.333 e. The van der Waals surface area contributed by atoms with Crippen molar-refractivity contribution in [2.45, 2.75) is 13.1 Å². The summed E-state index contributed by atoms with van der Waals surface area (Å²) in [5, 5.41) is 0. The summed E-state index contributed by atoms with van der Waals surface area (Å²) in [5.41, 5.74) is 2.60. The molecule has 0 amide bonds. The summed E-state index contributed by atoms with van der Waals surface area (Å²) in [6, 6.07) is 20.7. The maximum Gasteiger partial charge on any atom is 0.0949 e. The van der Waals surface area contributed by atoms with Gasteiger partial charge in [-0.2, -0.15) is 0 Å². The molecule has 4 nitrogen and oxygen atoms in total. The van der Waals surface area contributed by atoms with Crippen LogP contribution in [-0.2, 0) is 29.0 Å². The molecule has 0 spiro atoms. The van der Waals surface area contributed by atoms with E-state index in [1.54, 1.807) is 12.4 Å². The fraction of sp³-hybridized carbons (Fsp3) is 0.100. The number of imidazole rings is 2. The van der Waals surface area contributed by atoms with Gasteiger partial charge >= 0.3 is 35.0 Å². The molecule has 0 radical (unpaired) electrons. The average molecular weight is 494 g/mol. The third-order valence-corrected chi connectivity index (χ3v) is 3.53. The molecule has 0 saturated heterocycles. The van der Waals surface area contributed by atoms with Crippen molar-refractivity contribution in [2.75, 3.05) is 0 Å². The van der Waals surface area contributed by atoms with Crippen molar-refractivity contribution in [1.29, 1.82) is 0 Å². The third-order valence-electron chi connectivity index (χ3n) is 3.53. The zero-order chi connectivity index (χ0) is 19.2. The van der Waals surface area contributed by atoms with Crippen LogP contribution in [0, 0.1) is 0 Å². The zero-order valence-corrected chi connectivity index (χ0v) is 17.6. The summed E-state index contributed by atoms with van der Waals surface area (Å²) in [5.74, 6) is 0. The molecule has 0 aliphatic rings. The van der Waals surface area contributed by atoms with Crippen molar-refractivity contribution < 1.29 is 15.9 Å². The van der Waals surface area contributed by atoms with E-state index in [9.17, 15) is 0 Å². The molecule has 4 aromatic rings. The summed E-state index contributed by atoms with van der Waals surface area (Å²) in [6.07, 6.45) is 11.2. The van der Waals surface area contributed by atoms with Crippen molar-refractivity contribution in [1.82, 2.24) is 19.1 Å². The van der Waals surface area contributed by atoms with E-state index in [0.717, 1.165) is 13.1 Å². The number of benzene rings is 2. The first-order chi connectivity index (χ1) is 13.3. The molecule has 0 bridgehead atoms. The molecular formula is C20H20Cl2N4Pd. The van der Waals surface area contributed by atoms with Gasteiger partial charge in [-0.15, -0.1) is 0 Å². The van der Waals surface area contributed by atoms with Gasteiger partial charge < -0.3 is 9.13 Å². The van der Waals surface area contributed by atoms with Gasteiger partial charge in [-0.1, -0.05) is 60.7 Å². The Labute approximate surface area is 175 Å². The van der Waals surface area contributed by atoms with Crippen molar-refractivity contribution in [3.63, 3.8) is 0 Å². The maximum absolute atomic E-state index is 4.81. The molecule has 0 aliphatic carbocycles. The van der Waals surface area contributed by atoms with Crippen LogP contribution in [0.5, 0.6) is 0 Å². The van der Waals surface area contributed by atoms with Gasteiger partial charge in [0.05, 0.1) is 12.7 Å². The van der Waals surface area contributed by atoms with Crippen molar-refractivity contribution in [3.05, 3.63) is 109 Å². The number of halogens is 2. The predicted molar refractivity (Wildman–Crippen MR) is 107 cm³/mol. The van der Waals surface area contributed by atoms with Crippen LogP contribution in [0.4, 0.5) is 0 Å². The Bertz CT molecular complexity index is 751. The minimum Gasteiger partial charge on any atom is -0.333 e. The van der Waals surface area contributed by atoms with Gasteiger partial charge in [0.1, 0.15) is 0 Å². The molecule has 144 valence electrons. The Morgan fingerprint density at radius 1 is 0.667 bits per heavy atom. The zero-order valence-electron chi connectivity index (χ0n) is 14.5. The van der Waals surface area contributed by atoms with Crippen molar-refractivity contribution >= 4 is 19.1 Å². The quantitative estimate of drug-likeness (QED) is 0.365. The molecule has 2 aromatic heterocycles. The molecule has 27 heavy (non-hydrogen) atoms. The monoisotopic (exact) mass is 492 g/mol. The number of nitrogens with zero attached hydrogens (tertiary/aromatic N) is 4. The van der Waals surface area contributed by atoms with Gasteiger partial charge in [0, 0.05) is 37.9 Å². The molecule has 7 heteroatoms. The van der Waals surface area contributed by atoms with Gasteiger partial charge in [-0.3, -0.25) is 0 Å². The van der Waals surface area contributed by atoms with E-state index in [4.69, 9.17) is 19.1 Å². The van der Waals surface area contributed by atoms with Crippen molar-refractivity contribution in [2.24, 2.45) is 0 Å². The van der Waals surface area contributed by atoms with Crippen LogP contribution in [0.15, 0.2) is 98.1 Å². The van der Waals surface area contributed by atoms with Crippen LogP contribution in [0.3, 0.4) is 0 Å². The molecule has 0 N–H and O–H groups in total. The molecule has 2 aromatic carbocycles. The maximum atomic E-state index is 4.81. The van der Waals surface area contributed by atoms with Crippen LogP contribution >= 0.6 is 19.1 Å². The summed E-state index contributed by atoms with van der Waals surface area (Å²) in [7, 11) is 9.63. The van der Waals surface area contributed by atoms with Gasteiger partial charge in [-0.25, -0.2) is 9.97 Å². The predicted octanol–water partition coefficient (Wildman–Crippen LogP) is 5.24. The molecular weight excluding hydrogens is 474 g/mol. The molecule has 0 fully saturated rings. The summed E-state index contributed by atoms with van der Waals surface area (Å²) in [4.78, 5) is 7.96. The molecule has 0 unspecified atom stereocenters. The Kier molecular flexibility index (Phi) is 10.5. The fourth-order valence-corrected chi connectivity index (χ4v) is 2.35. The van der Waals surface area contributed by atoms with Crippen LogP contribution in [0.2, 0.25) is 0 Å². The van der Waals surface area contributed by atoms with Gasteiger partial charge in [0.25, 0.3) is 0 Å². The van der Waals surface area contributed by atoms with E-state index >= 15 is 0 Å². The van der Waals surface area contributed by atoms with E-state index in [-0.39, 0.29) is 15.9 Å².